The van der Waals surface area contributed by atoms with Crippen molar-refractivity contribution in [2.24, 2.45) is 5.92 Å². The average Bonchev–Trinajstić information content (AvgIpc) is 2.58. The molecule has 2 unspecified atom stereocenters. The predicted octanol–water partition coefficient (Wildman–Crippen LogP) is 3.26. The zero-order chi connectivity index (χ0) is 15.9. The second-order valence-electron chi connectivity index (χ2n) is 6.29. The highest BCUT2D eigenvalue weighted by Gasteiger charge is 2.51. The lowest BCUT2D eigenvalue weighted by molar-refractivity contribution is -0.0165. The van der Waals surface area contributed by atoms with Crippen LogP contribution in [0.2, 0.25) is 0 Å². The Hall–Kier alpha value is -1.13. The van der Waals surface area contributed by atoms with Crippen LogP contribution in [0.25, 0.3) is 0 Å². The Labute approximate surface area is 137 Å². The minimum atomic E-state index is -0.199. The lowest BCUT2D eigenvalue weighted by Gasteiger charge is -2.56. The second kappa shape index (κ2) is 5.82. The maximum Gasteiger partial charge on any atom is 0.203 e. The van der Waals surface area contributed by atoms with Crippen LogP contribution < -0.4 is 14.2 Å². The van der Waals surface area contributed by atoms with Gasteiger partial charge in [0.05, 0.1) is 32.2 Å². The number of fused-ring (bicyclic) bond motifs is 3. The molecule has 5 heteroatoms. The van der Waals surface area contributed by atoms with E-state index < -0.39 is 0 Å². The van der Waals surface area contributed by atoms with Gasteiger partial charge in [-0.25, -0.2) is 0 Å². The van der Waals surface area contributed by atoms with Crippen molar-refractivity contribution in [1.82, 2.24) is 4.90 Å². The van der Waals surface area contributed by atoms with E-state index in [1.165, 1.54) is 12.8 Å². The highest BCUT2D eigenvalue weighted by Crippen LogP contribution is 2.51. The Morgan fingerprint density at radius 1 is 1.05 bits per heavy atom. The number of methoxy groups -OCH3 is 3. The molecule has 122 valence electrons. The first-order valence-electron chi connectivity index (χ1n) is 7.75. The summed E-state index contributed by atoms with van der Waals surface area (Å²) in [5.74, 6) is 2.57. The van der Waals surface area contributed by atoms with Gasteiger partial charge in [-0.2, -0.15) is 0 Å². The van der Waals surface area contributed by atoms with Crippen LogP contribution >= 0.6 is 11.6 Å². The number of benzene rings is 1. The number of nitrogens with zero attached hydrogens (tertiary/aromatic N) is 1. The Morgan fingerprint density at radius 2 is 1.59 bits per heavy atom. The maximum atomic E-state index is 6.87. The van der Waals surface area contributed by atoms with Gasteiger partial charge in [-0.3, -0.25) is 4.90 Å². The molecule has 0 aliphatic carbocycles. The SMILES string of the molecule is COc1cc(C2(C)C(Cl)C3CCN2CC3)cc(OC)c1OC. The first kappa shape index (κ1) is 15.8. The Bertz CT molecular complexity index is 528. The van der Waals surface area contributed by atoms with E-state index in [9.17, 15) is 0 Å². The first-order valence-corrected chi connectivity index (χ1v) is 8.19. The summed E-state index contributed by atoms with van der Waals surface area (Å²) in [5, 5.41) is 0.0952. The number of halogens is 1. The summed E-state index contributed by atoms with van der Waals surface area (Å²) in [6.45, 7) is 4.43. The van der Waals surface area contributed by atoms with Crippen molar-refractivity contribution in [3.8, 4) is 17.2 Å². The average molecular weight is 326 g/mol. The monoisotopic (exact) mass is 325 g/mol. The normalized spacial score (nSPS) is 33.6. The molecule has 2 bridgehead atoms. The molecule has 3 aliphatic heterocycles. The number of hydrogen-bond acceptors (Lipinski definition) is 4. The van der Waals surface area contributed by atoms with Crippen molar-refractivity contribution < 1.29 is 14.2 Å². The van der Waals surface area contributed by atoms with E-state index in [0.717, 1.165) is 18.7 Å². The summed E-state index contributed by atoms with van der Waals surface area (Å²) in [6, 6.07) is 4.08. The van der Waals surface area contributed by atoms with Crippen molar-refractivity contribution in [2.45, 2.75) is 30.7 Å². The van der Waals surface area contributed by atoms with Gasteiger partial charge < -0.3 is 14.2 Å². The van der Waals surface area contributed by atoms with Gasteiger partial charge in [0.2, 0.25) is 5.75 Å². The van der Waals surface area contributed by atoms with E-state index in [4.69, 9.17) is 25.8 Å². The third kappa shape index (κ3) is 2.16. The number of ether oxygens (including phenoxy) is 3. The lowest BCUT2D eigenvalue weighted by Crippen LogP contribution is -2.61. The fourth-order valence-electron chi connectivity index (χ4n) is 4.01. The summed E-state index contributed by atoms with van der Waals surface area (Å²) in [5.41, 5.74) is 0.932. The van der Waals surface area contributed by atoms with Crippen LogP contribution in [0, 0.1) is 5.92 Å². The zero-order valence-corrected chi connectivity index (χ0v) is 14.4. The van der Waals surface area contributed by atoms with Gasteiger partial charge in [-0.15, -0.1) is 11.6 Å². The molecule has 0 saturated carbocycles. The largest absolute Gasteiger partial charge is 0.493 e. The van der Waals surface area contributed by atoms with Gasteiger partial charge in [-0.1, -0.05) is 0 Å². The Kier molecular flexibility index (Phi) is 4.17. The molecule has 4 nitrogen and oxygen atoms in total. The maximum absolute atomic E-state index is 6.87. The molecule has 1 aromatic rings. The van der Waals surface area contributed by atoms with Gasteiger partial charge >= 0.3 is 0 Å². The lowest BCUT2D eigenvalue weighted by atomic mass is 9.71. The van der Waals surface area contributed by atoms with Gasteiger partial charge in [0.25, 0.3) is 0 Å². The number of piperidine rings is 3. The highest BCUT2D eigenvalue weighted by atomic mass is 35.5. The smallest absolute Gasteiger partial charge is 0.203 e. The van der Waals surface area contributed by atoms with Gasteiger partial charge in [0, 0.05) is 0 Å². The van der Waals surface area contributed by atoms with Gasteiger partial charge in [0.1, 0.15) is 0 Å². The molecule has 2 atom stereocenters. The van der Waals surface area contributed by atoms with E-state index in [1.807, 2.05) is 12.1 Å². The fourth-order valence-corrected chi connectivity index (χ4v) is 4.52. The van der Waals surface area contributed by atoms with Gasteiger partial charge in [0.15, 0.2) is 11.5 Å². The van der Waals surface area contributed by atoms with Gasteiger partial charge in [-0.05, 0) is 56.5 Å². The van der Waals surface area contributed by atoms with Crippen LogP contribution in [0.1, 0.15) is 25.3 Å². The Morgan fingerprint density at radius 3 is 2.00 bits per heavy atom. The molecule has 0 spiro atoms. The Balaban J connectivity index is 2.11. The molecule has 3 saturated heterocycles. The predicted molar refractivity (Wildman–Crippen MR) is 87.4 cm³/mol. The van der Waals surface area contributed by atoms with E-state index in [1.54, 1.807) is 21.3 Å². The summed E-state index contributed by atoms with van der Waals surface area (Å²) in [6.07, 6.45) is 2.38. The molecule has 0 amide bonds. The van der Waals surface area contributed by atoms with E-state index >= 15 is 0 Å². The number of hydrogen-bond donors (Lipinski definition) is 0. The van der Waals surface area contributed by atoms with Crippen LogP contribution in [0.3, 0.4) is 0 Å². The summed E-state index contributed by atoms with van der Waals surface area (Å²) < 4.78 is 16.4. The molecule has 0 N–H and O–H groups in total. The van der Waals surface area contributed by atoms with Crippen LogP contribution in [0.5, 0.6) is 17.2 Å². The minimum absolute atomic E-state index is 0.0952. The number of alkyl halides is 1. The van der Waals surface area contributed by atoms with Crippen molar-refractivity contribution in [1.29, 1.82) is 0 Å². The van der Waals surface area contributed by atoms with E-state index in [0.29, 0.717) is 23.2 Å². The molecular weight excluding hydrogens is 302 g/mol. The van der Waals surface area contributed by atoms with E-state index in [2.05, 4.69) is 11.8 Å². The third-order valence-corrected chi connectivity index (χ3v) is 6.18. The molecule has 0 aromatic heterocycles. The third-order valence-electron chi connectivity index (χ3n) is 5.40. The summed E-state index contributed by atoms with van der Waals surface area (Å²) >= 11 is 6.87. The molecule has 1 aromatic carbocycles. The number of rotatable bonds is 4. The van der Waals surface area contributed by atoms with Crippen LogP contribution in [0.4, 0.5) is 0 Å². The fraction of sp³-hybridized carbons (Fsp3) is 0.647. The highest BCUT2D eigenvalue weighted by molar-refractivity contribution is 6.21. The van der Waals surface area contributed by atoms with Crippen molar-refractivity contribution in [2.75, 3.05) is 34.4 Å². The standard InChI is InChI=1S/C17H24ClNO3/c1-17(16(18)11-5-7-19(17)8-6-11)12-9-13(20-2)15(22-4)14(10-12)21-3/h9-11,16H,5-8H2,1-4H3. The molecule has 4 rings (SSSR count). The van der Waals surface area contributed by atoms with Crippen LogP contribution in [0.15, 0.2) is 12.1 Å². The molecule has 3 fully saturated rings. The molecule has 3 aliphatic rings. The van der Waals surface area contributed by atoms with E-state index in [-0.39, 0.29) is 10.9 Å². The molecule has 3 heterocycles. The van der Waals surface area contributed by atoms with Crippen LogP contribution in [-0.4, -0.2) is 44.7 Å². The zero-order valence-electron chi connectivity index (χ0n) is 13.7. The van der Waals surface area contributed by atoms with Crippen molar-refractivity contribution in [3.63, 3.8) is 0 Å². The summed E-state index contributed by atoms with van der Waals surface area (Å²) in [4.78, 5) is 2.49. The molecule has 22 heavy (non-hydrogen) atoms. The first-order chi connectivity index (χ1) is 10.6. The minimum Gasteiger partial charge on any atom is -0.493 e. The van der Waals surface area contributed by atoms with Crippen molar-refractivity contribution >= 4 is 11.6 Å². The summed E-state index contributed by atoms with van der Waals surface area (Å²) in [7, 11) is 4.92. The quantitative estimate of drug-likeness (QED) is 0.795. The second-order valence-corrected chi connectivity index (χ2v) is 6.76. The van der Waals surface area contributed by atoms with Crippen LogP contribution in [-0.2, 0) is 5.54 Å². The molecule has 0 radical (unpaired) electrons. The molecular formula is C17H24ClNO3. The van der Waals surface area contributed by atoms with Crippen molar-refractivity contribution in [3.05, 3.63) is 17.7 Å². The topological polar surface area (TPSA) is 30.9 Å².